The zero-order chi connectivity index (χ0) is 13.0. The van der Waals surface area contributed by atoms with Crippen LogP contribution in [0.3, 0.4) is 0 Å². The van der Waals surface area contributed by atoms with E-state index in [1.54, 1.807) is 0 Å². The fourth-order valence-corrected chi connectivity index (χ4v) is 3.07. The molecule has 1 aliphatic carbocycles. The Hall–Kier alpha value is -0.830. The van der Waals surface area contributed by atoms with Crippen LogP contribution < -0.4 is 10.6 Å². The quantitative estimate of drug-likeness (QED) is 0.752. The van der Waals surface area contributed by atoms with E-state index in [9.17, 15) is 4.79 Å². The van der Waals surface area contributed by atoms with Crippen molar-refractivity contribution in [2.24, 2.45) is 5.41 Å². The number of hydrogen-bond acceptors (Lipinski definition) is 2. The standard InChI is InChI=1S/C15H26N2O/c1-15(2)9-5-10-16-13(15)14(18)17-11-8-12-6-3-4-7-12/h6,13,16H,3-5,7-11H2,1-2H3,(H,17,18). The van der Waals surface area contributed by atoms with E-state index in [4.69, 9.17) is 0 Å². The van der Waals surface area contributed by atoms with Crippen molar-refractivity contribution in [3.8, 4) is 0 Å². The zero-order valence-corrected chi connectivity index (χ0v) is 11.7. The molecule has 0 aromatic rings. The molecule has 0 aromatic carbocycles. The van der Waals surface area contributed by atoms with Gasteiger partial charge in [0.2, 0.25) is 5.91 Å². The second kappa shape index (κ2) is 5.87. The first-order valence-electron chi connectivity index (χ1n) is 7.28. The lowest BCUT2D eigenvalue weighted by Gasteiger charge is -2.38. The third-order valence-electron chi connectivity index (χ3n) is 4.27. The van der Waals surface area contributed by atoms with Crippen molar-refractivity contribution in [2.75, 3.05) is 13.1 Å². The topological polar surface area (TPSA) is 41.1 Å². The number of nitrogens with one attached hydrogen (secondary N) is 2. The average Bonchev–Trinajstić information content (AvgIpc) is 2.81. The molecular formula is C15H26N2O. The molecule has 0 radical (unpaired) electrons. The Kier molecular flexibility index (Phi) is 4.44. The Balaban J connectivity index is 1.76. The summed E-state index contributed by atoms with van der Waals surface area (Å²) in [6, 6.07) is -0.0243. The highest BCUT2D eigenvalue weighted by Gasteiger charge is 2.36. The Bertz CT molecular complexity index is 333. The predicted octanol–water partition coefficient (Wildman–Crippen LogP) is 2.38. The van der Waals surface area contributed by atoms with Crippen LogP contribution in [-0.2, 0) is 4.79 Å². The molecule has 3 heteroatoms. The summed E-state index contributed by atoms with van der Waals surface area (Å²) in [6.45, 7) is 6.12. The molecule has 1 heterocycles. The second-order valence-corrected chi connectivity index (χ2v) is 6.27. The second-order valence-electron chi connectivity index (χ2n) is 6.27. The maximum Gasteiger partial charge on any atom is 0.237 e. The SMILES string of the molecule is CC1(C)CCCNC1C(=O)NCCC1=CCCC1. The van der Waals surface area contributed by atoms with E-state index in [-0.39, 0.29) is 17.4 Å². The van der Waals surface area contributed by atoms with Gasteiger partial charge in [-0.25, -0.2) is 0 Å². The summed E-state index contributed by atoms with van der Waals surface area (Å²) in [5, 5.41) is 6.45. The number of hydrogen-bond donors (Lipinski definition) is 2. The molecule has 2 aliphatic rings. The molecule has 2 rings (SSSR count). The van der Waals surface area contributed by atoms with Gasteiger partial charge in [-0.15, -0.1) is 0 Å². The van der Waals surface area contributed by atoms with Crippen molar-refractivity contribution in [1.29, 1.82) is 0 Å². The lowest BCUT2D eigenvalue weighted by Crippen LogP contribution is -2.55. The van der Waals surface area contributed by atoms with Crippen LogP contribution in [0.4, 0.5) is 0 Å². The van der Waals surface area contributed by atoms with Crippen LogP contribution in [0.15, 0.2) is 11.6 Å². The van der Waals surface area contributed by atoms with E-state index in [1.807, 2.05) is 0 Å². The molecule has 0 saturated carbocycles. The third-order valence-corrected chi connectivity index (χ3v) is 4.27. The van der Waals surface area contributed by atoms with Crippen molar-refractivity contribution >= 4 is 5.91 Å². The summed E-state index contributed by atoms with van der Waals surface area (Å²) >= 11 is 0. The van der Waals surface area contributed by atoms with E-state index in [2.05, 4.69) is 30.6 Å². The molecule has 1 atom stereocenters. The van der Waals surface area contributed by atoms with Gasteiger partial charge in [-0.2, -0.15) is 0 Å². The van der Waals surface area contributed by atoms with Gasteiger partial charge in [0.25, 0.3) is 0 Å². The van der Waals surface area contributed by atoms with Crippen LogP contribution in [0, 0.1) is 5.41 Å². The number of piperidine rings is 1. The molecule has 1 unspecified atom stereocenters. The van der Waals surface area contributed by atoms with Gasteiger partial charge >= 0.3 is 0 Å². The maximum atomic E-state index is 12.2. The molecule has 0 bridgehead atoms. The normalized spacial score (nSPS) is 26.8. The van der Waals surface area contributed by atoms with Crippen molar-refractivity contribution < 1.29 is 4.79 Å². The minimum absolute atomic E-state index is 0.0243. The van der Waals surface area contributed by atoms with Crippen LogP contribution >= 0.6 is 0 Å². The Morgan fingerprint density at radius 2 is 2.33 bits per heavy atom. The minimum atomic E-state index is -0.0243. The number of allylic oxidation sites excluding steroid dienone is 1. The van der Waals surface area contributed by atoms with Gasteiger partial charge in [0.15, 0.2) is 0 Å². The maximum absolute atomic E-state index is 12.2. The Labute approximate surface area is 110 Å². The first-order valence-corrected chi connectivity index (χ1v) is 7.28. The monoisotopic (exact) mass is 250 g/mol. The van der Waals surface area contributed by atoms with Crippen LogP contribution in [-0.4, -0.2) is 25.0 Å². The summed E-state index contributed by atoms with van der Waals surface area (Å²) in [6.07, 6.45) is 9.39. The van der Waals surface area contributed by atoms with Gasteiger partial charge in [-0.3, -0.25) is 4.79 Å². The average molecular weight is 250 g/mol. The predicted molar refractivity (Wildman–Crippen MR) is 74.4 cm³/mol. The minimum Gasteiger partial charge on any atom is -0.354 e. The molecule has 1 aliphatic heterocycles. The molecule has 2 N–H and O–H groups in total. The van der Waals surface area contributed by atoms with Crippen molar-refractivity contribution in [3.05, 3.63) is 11.6 Å². The van der Waals surface area contributed by atoms with Crippen molar-refractivity contribution in [3.63, 3.8) is 0 Å². The van der Waals surface area contributed by atoms with Gasteiger partial charge in [0, 0.05) is 6.54 Å². The zero-order valence-electron chi connectivity index (χ0n) is 11.7. The molecular weight excluding hydrogens is 224 g/mol. The summed E-state index contributed by atoms with van der Waals surface area (Å²) in [4.78, 5) is 12.2. The van der Waals surface area contributed by atoms with Crippen LogP contribution in [0.2, 0.25) is 0 Å². The summed E-state index contributed by atoms with van der Waals surface area (Å²) in [7, 11) is 0. The summed E-state index contributed by atoms with van der Waals surface area (Å²) in [5.41, 5.74) is 1.60. The number of carbonyl (C=O) groups is 1. The molecule has 3 nitrogen and oxygen atoms in total. The van der Waals surface area contributed by atoms with E-state index in [1.165, 1.54) is 31.3 Å². The van der Waals surface area contributed by atoms with Crippen LogP contribution in [0.25, 0.3) is 0 Å². The van der Waals surface area contributed by atoms with Crippen LogP contribution in [0.1, 0.15) is 52.4 Å². The van der Waals surface area contributed by atoms with Crippen molar-refractivity contribution in [2.45, 2.75) is 58.4 Å². The molecule has 102 valence electrons. The molecule has 18 heavy (non-hydrogen) atoms. The number of amides is 1. The first kappa shape index (κ1) is 13.6. The lowest BCUT2D eigenvalue weighted by atomic mass is 9.77. The van der Waals surface area contributed by atoms with Gasteiger partial charge in [0.05, 0.1) is 6.04 Å². The highest BCUT2D eigenvalue weighted by atomic mass is 16.2. The van der Waals surface area contributed by atoms with Gasteiger partial charge in [-0.1, -0.05) is 25.5 Å². The number of carbonyl (C=O) groups excluding carboxylic acids is 1. The smallest absolute Gasteiger partial charge is 0.237 e. The first-order chi connectivity index (χ1) is 8.59. The molecule has 0 spiro atoms. The Morgan fingerprint density at radius 3 is 3.00 bits per heavy atom. The fourth-order valence-electron chi connectivity index (χ4n) is 3.07. The molecule has 0 aromatic heterocycles. The third kappa shape index (κ3) is 3.35. The van der Waals surface area contributed by atoms with Gasteiger partial charge in [0.1, 0.15) is 0 Å². The van der Waals surface area contributed by atoms with Crippen molar-refractivity contribution in [1.82, 2.24) is 10.6 Å². The molecule has 1 amide bonds. The summed E-state index contributed by atoms with van der Waals surface area (Å²) < 4.78 is 0. The van der Waals surface area contributed by atoms with Gasteiger partial charge in [-0.05, 0) is 50.5 Å². The lowest BCUT2D eigenvalue weighted by molar-refractivity contribution is -0.126. The molecule has 1 fully saturated rings. The van der Waals surface area contributed by atoms with E-state index in [0.29, 0.717) is 0 Å². The largest absolute Gasteiger partial charge is 0.354 e. The fraction of sp³-hybridized carbons (Fsp3) is 0.800. The van der Waals surface area contributed by atoms with E-state index < -0.39 is 0 Å². The van der Waals surface area contributed by atoms with E-state index >= 15 is 0 Å². The summed E-state index contributed by atoms with van der Waals surface area (Å²) in [5.74, 6) is 0.179. The number of rotatable bonds is 4. The Morgan fingerprint density at radius 1 is 1.50 bits per heavy atom. The van der Waals surface area contributed by atoms with E-state index in [0.717, 1.165) is 25.9 Å². The van der Waals surface area contributed by atoms with Crippen LogP contribution in [0.5, 0.6) is 0 Å². The molecule has 1 saturated heterocycles. The van der Waals surface area contributed by atoms with Gasteiger partial charge < -0.3 is 10.6 Å². The highest BCUT2D eigenvalue weighted by molar-refractivity contribution is 5.82. The highest BCUT2D eigenvalue weighted by Crippen LogP contribution is 2.30.